The normalized spacial score (nSPS) is 10.7. The third-order valence-corrected chi connectivity index (χ3v) is 3.89. The van der Waals surface area contributed by atoms with E-state index in [9.17, 15) is 10.1 Å². The van der Waals surface area contributed by atoms with Crippen molar-refractivity contribution in [2.24, 2.45) is 0 Å². The zero-order valence-corrected chi connectivity index (χ0v) is 15.5. The Kier molecular flexibility index (Phi) is 6.61. The van der Waals surface area contributed by atoms with Crippen LogP contribution >= 0.6 is 15.9 Å². The maximum absolute atomic E-state index is 12.3. The van der Waals surface area contributed by atoms with Crippen LogP contribution in [-0.2, 0) is 4.79 Å². The molecule has 0 aromatic heterocycles. The highest BCUT2D eigenvalue weighted by atomic mass is 79.9. The van der Waals surface area contributed by atoms with Crippen molar-refractivity contribution in [2.45, 2.75) is 6.92 Å². The molecule has 0 radical (unpaired) electrons. The Morgan fingerprint density at radius 3 is 2.56 bits per heavy atom. The van der Waals surface area contributed by atoms with Crippen LogP contribution in [0.2, 0.25) is 0 Å². The summed E-state index contributed by atoms with van der Waals surface area (Å²) in [6, 6.07) is 14.2. The van der Waals surface area contributed by atoms with E-state index in [1.807, 2.05) is 13.0 Å². The number of anilines is 1. The molecule has 2 rings (SSSR count). The van der Waals surface area contributed by atoms with Crippen LogP contribution < -0.4 is 14.8 Å². The zero-order valence-electron chi connectivity index (χ0n) is 13.9. The van der Waals surface area contributed by atoms with E-state index in [1.54, 1.807) is 49.6 Å². The Hall–Kier alpha value is -2.78. The molecule has 0 saturated heterocycles. The molecular weight excluding hydrogens is 384 g/mol. The fourth-order valence-electron chi connectivity index (χ4n) is 2.09. The molecule has 0 unspecified atom stereocenters. The third-order valence-electron chi connectivity index (χ3n) is 3.28. The molecule has 0 bridgehead atoms. The zero-order chi connectivity index (χ0) is 18.2. The van der Waals surface area contributed by atoms with Crippen molar-refractivity contribution in [1.82, 2.24) is 0 Å². The molecule has 128 valence electrons. The number of rotatable bonds is 6. The molecule has 0 aliphatic carbocycles. The smallest absolute Gasteiger partial charge is 0.266 e. The van der Waals surface area contributed by atoms with Crippen LogP contribution in [0.3, 0.4) is 0 Å². The molecule has 1 N–H and O–H groups in total. The number of carbonyl (C=O) groups excluding carboxylic acids is 1. The van der Waals surface area contributed by atoms with Gasteiger partial charge in [-0.15, -0.1) is 0 Å². The van der Waals surface area contributed by atoms with Crippen LogP contribution in [-0.4, -0.2) is 19.6 Å². The van der Waals surface area contributed by atoms with Gasteiger partial charge in [-0.1, -0.05) is 6.07 Å². The van der Waals surface area contributed by atoms with Gasteiger partial charge in [0.15, 0.2) is 0 Å². The number of hydrogen-bond acceptors (Lipinski definition) is 4. The molecule has 0 saturated carbocycles. The van der Waals surface area contributed by atoms with E-state index in [0.29, 0.717) is 23.6 Å². The average Bonchev–Trinajstić information content (AvgIpc) is 2.61. The number of ether oxygens (including phenoxy) is 2. The number of amides is 1. The van der Waals surface area contributed by atoms with Gasteiger partial charge in [0.1, 0.15) is 23.1 Å². The largest absolute Gasteiger partial charge is 0.496 e. The Labute approximate surface area is 155 Å². The van der Waals surface area contributed by atoms with Gasteiger partial charge in [0.05, 0.1) is 18.2 Å². The average molecular weight is 401 g/mol. The van der Waals surface area contributed by atoms with Gasteiger partial charge in [-0.05, 0) is 70.9 Å². The summed E-state index contributed by atoms with van der Waals surface area (Å²) < 4.78 is 11.3. The van der Waals surface area contributed by atoms with Crippen LogP contribution in [0.4, 0.5) is 5.69 Å². The lowest BCUT2D eigenvalue weighted by molar-refractivity contribution is -0.112. The van der Waals surface area contributed by atoms with Gasteiger partial charge in [0, 0.05) is 5.69 Å². The summed E-state index contributed by atoms with van der Waals surface area (Å²) in [5, 5.41) is 12.0. The summed E-state index contributed by atoms with van der Waals surface area (Å²) in [6.07, 6.45) is 1.52. The molecular formula is C19H17BrN2O3. The van der Waals surface area contributed by atoms with E-state index in [2.05, 4.69) is 21.2 Å². The number of halogens is 1. The van der Waals surface area contributed by atoms with Gasteiger partial charge < -0.3 is 14.8 Å². The molecule has 0 atom stereocenters. The summed E-state index contributed by atoms with van der Waals surface area (Å²) in [5.41, 5.74) is 1.31. The molecule has 1 amide bonds. The summed E-state index contributed by atoms with van der Waals surface area (Å²) in [6.45, 7) is 2.47. The summed E-state index contributed by atoms with van der Waals surface area (Å²) in [7, 11) is 1.57. The highest BCUT2D eigenvalue weighted by molar-refractivity contribution is 9.10. The van der Waals surface area contributed by atoms with Crippen molar-refractivity contribution in [3.63, 3.8) is 0 Å². The fourth-order valence-corrected chi connectivity index (χ4v) is 2.65. The first-order valence-corrected chi connectivity index (χ1v) is 8.36. The fraction of sp³-hybridized carbons (Fsp3) is 0.158. The van der Waals surface area contributed by atoms with Crippen molar-refractivity contribution in [3.8, 4) is 17.6 Å². The van der Waals surface area contributed by atoms with Crippen molar-refractivity contribution in [3.05, 3.63) is 58.1 Å². The van der Waals surface area contributed by atoms with Gasteiger partial charge in [0.2, 0.25) is 0 Å². The highest BCUT2D eigenvalue weighted by Crippen LogP contribution is 2.26. The van der Waals surface area contributed by atoms with Gasteiger partial charge in [-0.2, -0.15) is 5.26 Å². The number of hydrogen-bond donors (Lipinski definition) is 1. The Morgan fingerprint density at radius 1 is 1.28 bits per heavy atom. The van der Waals surface area contributed by atoms with Crippen LogP contribution in [0.1, 0.15) is 12.5 Å². The van der Waals surface area contributed by atoms with E-state index < -0.39 is 5.91 Å². The number of methoxy groups -OCH3 is 1. The first-order chi connectivity index (χ1) is 12.1. The van der Waals surface area contributed by atoms with Gasteiger partial charge in [-0.25, -0.2) is 0 Å². The summed E-state index contributed by atoms with van der Waals surface area (Å²) in [5.74, 6) is 0.924. The minimum Gasteiger partial charge on any atom is -0.496 e. The van der Waals surface area contributed by atoms with E-state index in [-0.39, 0.29) is 5.57 Å². The van der Waals surface area contributed by atoms with Gasteiger partial charge >= 0.3 is 0 Å². The number of nitriles is 1. The molecule has 0 aliphatic rings. The van der Waals surface area contributed by atoms with E-state index >= 15 is 0 Å². The molecule has 0 heterocycles. The minimum atomic E-state index is -0.474. The van der Waals surface area contributed by atoms with Crippen molar-refractivity contribution in [2.75, 3.05) is 19.0 Å². The quantitative estimate of drug-likeness (QED) is 0.575. The van der Waals surface area contributed by atoms with Crippen LogP contribution in [0.15, 0.2) is 52.5 Å². The van der Waals surface area contributed by atoms with E-state index in [4.69, 9.17) is 9.47 Å². The minimum absolute atomic E-state index is 0.00551. The lowest BCUT2D eigenvalue weighted by Crippen LogP contribution is -2.13. The van der Waals surface area contributed by atoms with E-state index in [1.165, 1.54) is 6.08 Å². The monoisotopic (exact) mass is 400 g/mol. The maximum Gasteiger partial charge on any atom is 0.266 e. The van der Waals surface area contributed by atoms with Crippen LogP contribution in [0.5, 0.6) is 11.5 Å². The highest BCUT2D eigenvalue weighted by Gasteiger charge is 2.10. The molecule has 0 aliphatic heterocycles. The Morgan fingerprint density at radius 2 is 2.00 bits per heavy atom. The number of nitrogens with one attached hydrogen (secondary N) is 1. The molecule has 0 fully saturated rings. The Balaban J connectivity index is 2.15. The Bertz CT molecular complexity index is 824. The lowest BCUT2D eigenvalue weighted by atomic mass is 10.1. The number of benzene rings is 2. The molecule has 2 aromatic rings. The van der Waals surface area contributed by atoms with Crippen LogP contribution in [0, 0.1) is 11.3 Å². The predicted octanol–water partition coefficient (Wildman–Crippen LogP) is 4.40. The molecule has 5 nitrogen and oxygen atoms in total. The second-order valence-electron chi connectivity index (χ2n) is 4.98. The molecule has 2 aromatic carbocycles. The molecule has 0 spiro atoms. The van der Waals surface area contributed by atoms with Crippen LogP contribution in [0.25, 0.3) is 6.08 Å². The SMILES string of the molecule is CCOc1ccc(NC(=O)/C(C#N)=C\c2ccc(OC)c(Br)c2)cc1. The van der Waals surface area contributed by atoms with Crippen molar-refractivity contribution in [1.29, 1.82) is 5.26 Å². The maximum atomic E-state index is 12.3. The summed E-state index contributed by atoms with van der Waals surface area (Å²) >= 11 is 3.38. The standard InChI is InChI=1S/C19H17BrN2O3/c1-3-25-16-7-5-15(6-8-16)22-19(23)14(12-21)10-13-4-9-18(24-2)17(20)11-13/h4-11H,3H2,1-2H3,(H,22,23)/b14-10-. The van der Waals surface area contributed by atoms with E-state index in [0.717, 1.165) is 10.2 Å². The predicted molar refractivity (Wildman–Crippen MR) is 101 cm³/mol. The first-order valence-electron chi connectivity index (χ1n) is 7.57. The summed E-state index contributed by atoms with van der Waals surface area (Å²) in [4.78, 5) is 12.3. The lowest BCUT2D eigenvalue weighted by Gasteiger charge is -2.07. The van der Waals surface area contributed by atoms with Crippen molar-refractivity contribution >= 4 is 33.6 Å². The molecule has 25 heavy (non-hydrogen) atoms. The first kappa shape index (κ1) is 18.6. The second kappa shape index (κ2) is 8.90. The molecule has 6 heteroatoms. The van der Waals surface area contributed by atoms with Gasteiger partial charge in [0.25, 0.3) is 5.91 Å². The van der Waals surface area contributed by atoms with Crippen molar-refractivity contribution < 1.29 is 14.3 Å². The number of carbonyl (C=O) groups is 1. The number of nitrogens with zero attached hydrogens (tertiary/aromatic N) is 1. The van der Waals surface area contributed by atoms with Gasteiger partial charge in [-0.3, -0.25) is 4.79 Å². The third kappa shape index (κ3) is 5.10. The second-order valence-corrected chi connectivity index (χ2v) is 5.83. The topological polar surface area (TPSA) is 71.3 Å².